The van der Waals surface area contributed by atoms with Crippen LogP contribution >= 0.6 is 5.96 Å². The monoisotopic (exact) mass is 174 g/mol. The van der Waals surface area contributed by atoms with Gasteiger partial charge in [-0.25, -0.2) is 0 Å². The predicted octanol–water partition coefficient (Wildman–Crippen LogP) is 0.186. The van der Waals surface area contributed by atoms with Crippen molar-refractivity contribution in [3.63, 3.8) is 0 Å². The molecule has 0 aliphatic heterocycles. The number of hydrogen-bond acceptors (Lipinski definition) is 2. The van der Waals surface area contributed by atoms with Gasteiger partial charge in [0, 0.05) is 0 Å². The van der Waals surface area contributed by atoms with Crippen LogP contribution in [0, 0.1) is 0 Å². The van der Waals surface area contributed by atoms with Gasteiger partial charge < -0.3 is 0 Å². The van der Waals surface area contributed by atoms with Crippen molar-refractivity contribution in [3.05, 3.63) is 0 Å². The van der Waals surface area contributed by atoms with Crippen molar-refractivity contribution in [2.45, 2.75) is 0 Å². The van der Waals surface area contributed by atoms with Crippen LogP contribution < -0.4 is 0 Å². The van der Waals surface area contributed by atoms with E-state index in [0.29, 0.717) is 0 Å². The molecule has 0 bridgehead atoms. The van der Waals surface area contributed by atoms with Crippen molar-refractivity contribution in [3.8, 4) is 0 Å². The molecular weight excluding hydrogens is 166 g/mol. The molecule has 2 nitrogen and oxygen atoms in total. The van der Waals surface area contributed by atoms with Crippen molar-refractivity contribution < 1.29 is 9.42 Å². The molecule has 0 radical (unpaired) electrons. The standard InChI is InChI=1S/C2H7O2PSe/c1-4-5(2,3)6/h1-2H3,(H,3,6). The molecule has 4 heteroatoms. The Kier molecular flexibility index (Phi) is 2.57. The zero-order chi connectivity index (χ0) is 5.21. The van der Waals surface area contributed by atoms with E-state index in [0.717, 1.165) is 0 Å². The molecule has 1 N–H and O–H groups in total. The summed E-state index contributed by atoms with van der Waals surface area (Å²) in [5.41, 5.74) is 0. The normalized spacial score (nSPS) is 19.8. The third-order valence-corrected chi connectivity index (χ3v) is 1.95. The average Bonchev–Trinajstić information content (AvgIpc) is 1.35. The summed E-state index contributed by atoms with van der Waals surface area (Å²) in [6.45, 7) is 1.63. The molecule has 0 aromatic rings. The molecule has 0 saturated carbocycles. The van der Waals surface area contributed by atoms with Gasteiger partial charge in [0.25, 0.3) is 0 Å². The van der Waals surface area contributed by atoms with Crippen LogP contribution in [0.15, 0.2) is 0 Å². The number of hydrogen-bond donors (Lipinski definition) is 1. The number of rotatable bonds is 1. The maximum absolute atomic E-state index is 8.66. The van der Waals surface area contributed by atoms with Gasteiger partial charge in [-0.3, -0.25) is 0 Å². The molecule has 1 atom stereocenters. The molecule has 0 heterocycles. The summed E-state index contributed by atoms with van der Waals surface area (Å²) in [4.78, 5) is 8.66. The van der Waals surface area contributed by atoms with E-state index in [2.05, 4.69) is 19.6 Å². The van der Waals surface area contributed by atoms with Gasteiger partial charge in [-0.05, 0) is 0 Å². The molecule has 0 fully saturated rings. The van der Waals surface area contributed by atoms with Gasteiger partial charge in [0.1, 0.15) is 0 Å². The van der Waals surface area contributed by atoms with Crippen LogP contribution in [0.5, 0.6) is 0 Å². The zero-order valence-corrected chi connectivity index (χ0v) is 6.32. The van der Waals surface area contributed by atoms with Crippen molar-refractivity contribution in [1.29, 1.82) is 0 Å². The SMILES string of the molecule is COP(C)(O)=[Se]. The second kappa shape index (κ2) is 2.25. The Labute approximate surface area is 44.9 Å². The Morgan fingerprint density at radius 2 is 2.00 bits per heavy atom. The molecule has 0 aliphatic rings. The molecule has 0 saturated heterocycles. The van der Waals surface area contributed by atoms with Gasteiger partial charge in [0.2, 0.25) is 0 Å². The van der Waals surface area contributed by atoms with E-state index in [1.54, 1.807) is 6.66 Å². The van der Waals surface area contributed by atoms with E-state index >= 15 is 0 Å². The van der Waals surface area contributed by atoms with Gasteiger partial charge in [0.15, 0.2) is 0 Å². The van der Waals surface area contributed by atoms with Gasteiger partial charge in [0.05, 0.1) is 0 Å². The molecule has 6 heavy (non-hydrogen) atoms. The second-order valence-corrected chi connectivity index (χ2v) is 7.22. The zero-order valence-electron chi connectivity index (χ0n) is 3.71. The first-order valence-electron chi connectivity index (χ1n) is 1.42. The van der Waals surface area contributed by atoms with E-state index in [4.69, 9.17) is 4.89 Å². The Morgan fingerprint density at radius 3 is 2.00 bits per heavy atom. The summed E-state index contributed by atoms with van der Waals surface area (Å²) in [5.74, 6) is -2.02. The Balaban J connectivity index is 3.48. The molecule has 0 rings (SSSR count). The Hall–Kier alpha value is 0.869. The van der Waals surface area contributed by atoms with Crippen LogP contribution in [-0.2, 0) is 4.52 Å². The van der Waals surface area contributed by atoms with E-state index in [9.17, 15) is 0 Å². The molecule has 38 valence electrons. The third-order valence-electron chi connectivity index (χ3n) is 0.339. The summed E-state index contributed by atoms with van der Waals surface area (Å²) < 4.78 is 4.55. The van der Waals surface area contributed by atoms with Crippen molar-refractivity contribution in [2.24, 2.45) is 0 Å². The van der Waals surface area contributed by atoms with Crippen LogP contribution in [0.25, 0.3) is 0 Å². The molecule has 0 aromatic carbocycles. The molecular formula is C2H7O2PSe. The maximum atomic E-state index is 8.66. The molecule has 0 aromatic heterocycles. The summed E-state index contributed by atoms with van der Waals surface area (Å²) in [6, 6.07) is 0. The fraction of sp³-hybridized carbons (Fsp3) is 1.00. The summed E-state index contributed by atoms with van der Waals surface area (Å²) in [5, 5.41) is 0. The van der Waals surface area contributed by atoms with Crippen LogP contribution in [0.3, 0.4) is 0 Å². The predicted molar refractivity (Wildman–Crippen MR) is 27.8 cm³/mol. The first-order chi connectivity index (χ1) is 2.56. The molecule has 0 amide bonds. The third kappa shape index (κ3) is 4.87. The van der Waals surface area contributed by atoms with Crippen LogP contribution in [0.4, 0.5) is 0 Å². The van der Waals surface area contributed by atoms with Crippen molar-refractivity contribution in [2.75, 3.05) is 13.8 Å². The fourth-order valence-corrected chi connectivity index (χ4v) is 0. The summed E-state index contributed by atoms with van der Waals surface area (Å²) in [7, 11) is 1.48. The van der Waals surface area contributed by atoms with Gasteiger partial charge in [-0.15, -0.1) is 0 Å². The van der Waals surface area contributed by atoms with Gasteiger partial charge in [-0.2, -0.15) is 0 Å². The summed E-state index contributed by atoms with van der Waals surface area (Å²) in [6.07, 6.45) is 0. The molecule has 1 unspecified atom stereocenters. The van der Waals surface area contributed by atoms with Gasteiger partial charge in [-0.1, -0.05) is 0 Å². The van der Waals surface area contributed by atoms with Crippen molar-refractivity contribution in [1.82, 2.24) is 0 Å². The minimum atomic E-state index is -2.02. The molecule has 0 spiro atoms. The van der Waals surface area contributed by atoms with Crippen LogP contribution in [-0.4, -0.2) is 33.8 Å². The van der Waals surface area contributed by atoms with Gasteiger partial charge >= 0.3 is 44.3 Å². The van der Waals surface area contributed by atoms with E-state index in [1.165, 1.54) is 7.11 Å². The quantitative estimate of drug-likeness (QED) is 0.453. The first kappa shape index (κ1) is 6.87. The van der Waals surface area contributed by atoms with Crippen molar-refractivity contribution >= 4 is 21.1 Å². The van der Waals surface area contributed by atoms with Crippen LogP contribution in [0.1, 0.15) is 0 Å². The molecule has 0 aliphatic carbocycles. The first-order valence-corrected chi connectivity index (χ1v) is 5.74. The van der Waals surface area contributed by atoms with E-state index < -0.39 is 5.96 Å². The Bertz CT molecular complexity index is 75.6. The van der Waals surface area contributed by atoms with Crippen LogP contribution in [0.2, 0.25) is 0 Å². The topological polar surface area (TPSA) is 29.5 Å². The average molecular weight is 173 g/mol. The van der Waals surface area contributed by atoms with E-state index in [-0.39, 0.29) is 0 Å². The minimum absolute atomic E-state index is 1.48. The summed E-state index contributed by atoms with van der Waals surface area (Å²) >= 11 is 2.51. The fourth-order valence-electron chi connectivity index (χ4n) is 0. The second-order valence-electron chi connectivity index (χ2n) is 0.986. The Morgan fingerprint density at radius 1 is 1.83 bits per heavy atom. The van der Waals surface area contributed by atoms with E-state index in [1.807, 2.05) is 0 Å².